The van der Waals surface area contributed by atoms with Crippen LogP contribution < -0.4 is 0 Å². The van der Waals surface area contributed by atoms with Crippen molar-refractivity contribution < 1.29 is 4.74 Å². The highest BCUT2D eigenvalue weighted by atomic mass is 32.2. The number of rotatable bonds is 6. The number of hydrogen-bond donors (Lipinski definition) is 0. The number of aryl methyl sites for hydroxylation is 1. The molecule has 1 saturated heterocycles. The Kier molecular flexibility index (Phi) is 6.24. The Balaban J connectivity index is 1.46. The summed E-state index contributed by atoms with van der Waals surface area (Å²) in [7, 11) is 1.66. The number of ether oxygens (including phenoxy) is 1. The van der Waals surface area contributed by atoms with Crippen LogP contribution in [0.25, 0.3) is 0 Å². The van der Waals surface area contributed by atoms with E-state index in [9.17, 15) is 0 Å². The van der Waals surface area contributed by atoms with Gasteiger partial charge in [-0.2, -0.15) is 0 Å². The molecule has 1 aromatic heterocycles. The SMILES string of the molecule is COCc1ncc(CN2CCC(Sc3cccc(C)c3)CC2)cn1. The summed E-state index contributed by atoms with van der Waals surface area (Å²) in [6.45, 7) is 5.86. The molecule has 128 valence electrons. The Hall–Kier alpha value is -1.43. The number of benzene rings is 1. The molecular formula is C19H25N3OS. The number of methoxy groups -OCH3 is 1. The van der Waals surface area contributed by atoms with Gasteiger partial charge in [0.25, 0.3) is 0 Å². The van der Waals surface area contributed by atoms with E-state index < -0.39 is 0 Å². The second-order valence-electron chi connectivity index (χ2n) is 6.35. The van der Waals surface area contributed by atoms with Gasteiger partial charge in [0.2, 0.25) is 0 Å². The van der Waals surface area contributed by atoms with Crippen molar-refractivity contribution in [3.05, 3.63) is 53.6 Å². The first kappa shape index (κ1) is 17.4. The molecular weight excluding hydrogens is 318 g/mol. The Morgan fingerprint density at radius 3 is 2.62 bits per heavy atom. The van der Waals surface area contributed by atoms with Gasteiger partial charge in [0, 0.05) is 41.8 Å². The van der Waals surface area contributed by atoms with Gasteiger partial charge in [-0.3, -0.25) is 4.90 Å². The summed E-state index contributed by atoms with van der Waals surface area (Å²) in [6, 6.07) is 8.82. The van der Waals surface area contributed by atoms with Crippen LogP contribution in [0.3, 0.4) is 0 Å². The van der Waals surface area contributed by atoms with Crippen LogP contribution in [-0.4, -0.2) is 40.3 Å². The summed E-state index contributed by atoms with van der Waals surface area (Å²) in [4.78, 5) is 12.6. The van der Waals surface area contributed by atoms with Crippen LogP contribution in [0.1, 0.15) is 29.8 Å². The Labute approximate surface area is 148 Å². The van der Waals surface area contributed by atoms with Gasteiger partial charge in [0.1, 0.15) is 6.61 Å². The Morgan fingerprint density at radius 1 is 1.21 bits per heavy atom. The smallest absolute Gasteiger partial charge is 0.153 e. The monoisotopic (exact) mass is 343 g/mol. The first-order valence-corrected chi connectivity index (χ1v) is 9.35. The third-order valence-corrected chi connectivity index (χ3v) is 5.60. The van der Waals surface area contributed by atoms with Gasteiger partial charge in [-0.05, 0) is 45.0 Å². The predicted octanol–water partition coefficient (Wildman–Crippen LogP) is 3.69. The average molecular weight is 343 g/mol. The zero-order valence-electron chi connectivity index (χ0n) is 14.4. The second kappa shape index (κ2) is 8.60. The summed E-state index contributed by atoms with van der Waals surface area (Å²) in [5.74, 6) is 0.745. The number of hydrogen-bond acceptors (Lipinski definition) is 5. The van der Waals surface area contributed by atoms with Crippen molar-refractivity contribution in [2.24, 2.45) is 0 Å². The molecule has 0 aliphatic carbocycles. The molecule has 24 heavy (non-hydrogen) atoms. The number of piperidine rings is 1. The summed E-state index contributed by atoms with van der Waals surface area (Å²) >= 11 is 2.03. The van der Waals surface area contributed by atoms with Crippen molar-refractivity contribution in [3.63, 3.8) is 0 Å². The lowest BCUT2D eigenvalue weighted by Crippen LogP contribution is -2.34. The molecule has 1 aliphatic rings. The largest absolute Gasteiger partial charge is 0.377 e. The van der Waals surface area contributed by atoms with Gasteiger partial charge in [-0.1, -0.05) is 17.7 Å². The fourth-order valence-corrected chi connectivity index (χ4v) is 4.23. The molecule has 0 bridgehead atoms. The lowest BCUT2D eigenvalue weighted by Gasteiger charge is -2.31. The first-order valence-electron chi connectivity index (χ1n) is 8.47. The molecule has 0 unspecified atom stereocenters. The van der Waals surface area contributed by atoms with E-state index in [-0.39, 0.29) is 0 Å². The number of aromatic nitrogens is 2. The van der Waals surface area contributed by atoms with Gasteiger partial charge >= 0.3 is 0 Å². The van der Waals surface area contributed by atoms with Crippen LogP contribution in [-0.2, 0) is 17.9 Å². The third-order valence-electron chi connectivity index (χ3n) is 4.27. The van der Waals surface area contributed by atoms with E-state index in [1.165, 1.54) is 28.9 Å². The van der Waals surface area contributed by atoms with Crippen molar-refractivity contribution >= 4 is 11.8 Å². The minimum absolute atomic E-state index is 0.474. The minimum atomic E-state index is 0.474. The zero-order chi connectivity index (χ0) is 16.8. The predicted molar refractivity (Wildman–Crippen MR) is 98.1 cm³/mol. The standard InChI is InChI=1S/C19H25N3OS/c1-15-4-3-5-18(10-15)24-17-6-8-22(9-7-17)13-16-11-20-19(14-23-2)21-12-16/h3-5,10-12,17H,6-9,13-14H2,1-2H3. The number of thioether (sulfide) groups is 1. The van der Waals surface area contributed by atoms with Crippen molar-refractivity contribution in [2.75, 3.05) is 20.2 Å². The van der Waals surface area contributed by atoms with E-state index in [4.69, 9.17) is 4.74 Å². The van der Waals surface area contributed by atoms with Crippen molar-refractivity contribution in [3.8, 4) is 0 Å². The summed E-state index contributed by atoms with van der Waals surface area (Å²) in [5, 5.41) is 0.725. The van der Waals surface area contributed by atoms with Crippen LogP contribution in [0.4, 0.5) is 0 Å². The van der Waals surface area contributed by atoms with E-state index in [0.717, 1.165) is 30.7 Å². The van der Waals surface area contributed by atoms with Gasteiger partial charge in [0.05, 0.1) is 0 Å². The Morgan fingerprint density at radius 2 is 1.96 bits per heavy atom. The van der Waals surface area contributed by atoms with Crippen LogP contribution in [0.2, 0.25) is 0 Å². The van der Waals surface area contributed by atoms with Crippen LogP contribution in [0, 0.1) is 6.92 Å². The molecule has 1 aliphatic heterocycles. The Bertz CT molecular complexity index is 639. The average Bonchev–Trinajstić information content (AvgIpc) is 2.59. The quantitative estimate of drug-likeness (QED) is 0.800. The molecule has 3 rings (SSSR count). The highest BCUT2D eigenvalue weighted by Crippen LogP contribution is 2.31. The van der Waals surface area contributed by atoms with Crippen LogP contribution in [0.15, 0.2) is 41.6 Å². The molecule has 1 aromatic carbocycles. The van der Waals surface area contributed by atoms with E-state index in [2.05, 4.69) is 46.1 Å². The molecule has 0 N–H and O–H groups in total. The molecule has 0 amide bonds. The molecule has 1 fully saturated rings. The number of likely N-dealkylation sites (tertiary alicyclic amines) is 1. The fourth-order valence-electron chi connectivity index (χ4n) is 2.99. The zero-order valence-corrected chi connectivity index (χ0v) is 15.3. The van der Waals surface area contributed by atoms with E-state index in [0.29, 0.717) is 6.61 Å². The molecule has 0 spiro atoms. The summed E-state index contributed by atoms with van der Waals surface area (Å²) < 4.78 is 5.05. The van der Waals surface area contributed by atoms with Crippen molar-refractivity contribution in [1.82, 2.24) is 14.9 Å². The molecule has 0 saturated carbocycles. The normalized spacial score (nSPS) is 16.4. The van der Waals surface area contributed by atoms with Gasteiger partial charge in [-0.15, -0.1) is 11.8 Å². The third kappa shape index (κ3) is 5.03. The summed E-state index contributed by atoms with van der Waals surface area (Å²) in [6.07, 6.45) is 6.33. The van der Waals surface area contributed by atoms with Crippen LogP contribution >= 0.6 is 11.8 Å². The molecule has 2 heterocycles. The van der Waals surface area contributed by atoms with Gasteiger partial charge in [-0.25, -0.2) is 9.97 Å². The van der Waals surface area contributed by atoms with Crippen LogP contribution in [0.5, 0.6) is 0 Å². The molecule has 5 heteroatoms. The maximum atomic E-state index is 5.05. The second-order valence-corrected chi connectivity index (χ2v) is 7.72. The van der Waals surface area contributed by atoms with Gasteiger partial charge < -0.3 is 4.74 Å². The molecule has 2 aromatic rings. The maximum absolute atomic E-state index is 5.05. The molecule has 0 radical (unpaired) electrons. The lowest BCUT2D eigenvalue weighted by atomic mass is 10.1. The topological polar surface area (TPSA) is 38.2 Å². The maximum Gasteiger partial charge on any atom is 0.153 e. The first-order chi connectivity index (χ1) is 11.7. The van der Waals surface area contributed by atoms with E-state index in [1.54, 1.807) is 7.11 Å². The minimum Gasteiger partial charge on any atom is -0.377 e. The van der Waals surface area contributed by atoms with Crippen molar-refractivity contribution in [2.45, 2.75) is 43.1 Å². The van der Waals surface area contributed by atoms with E-state index in [1.807, 2.05) is 24.2 Å². The number of nitrogens with zero attached hydrogens (tertiary/aromatic N) is 3. The highest BCUT2D eigenvalue weighted by molar-refractivity contribution is 8.00. The lowest BCUT2D eigenvalue weighted by molar-refractivity contribution is 0.177. The fraction of sp³-hybridized carbons (Fsp3) is 0.474. The molecule has 4 nitrogen and oxygen atoms in total. The molecule has 0 atom stereocenters. The highest BCUT2D eigenvalue weighted by Gasteiger charge is 2.20. The van der Waals surface area contributed by atoms with Gasteiger partial charge in [0.15, 0.2) is 5.82 Å². The summed E-state index contributed by atoms with van der Waals surface area (Å²) in [5.41, 5.74) is 2.52. The van der Waals surface area contributed by atoms with E-state index >= 15 is 0 Å². The van der Waals surface area contributed by atoms with Crippen molar-refractivity contribution in [1.29, 1.82) is 0 Å².